The summed E-state index contributed by atoms with van der Waals surface area (Å²) in [5.41, 5.74) is 1.21. The summed E-state index contributed by atoms with van der Waals surface area (Å²) in [7, 11) is 0. The van der Waals surface area contributed by atoms with Crippen LogP contribution in [0.2, 0.25) is 0 Å². The van der Waals surface area contributed by atoms with Gasteiger partial charge in [0.1, 0.15) is 5.76 Å². The van der Waals surface area contributed by atoms with Crippen LogP contribution in [0.5, 0.6) is 0 Å². The molecule has 0 spiro atoms. The Balaban J connectivity index is 1.75. The summed E-state index contributed by atoms with van der Waals surface area (Å²) in [5, 5.41) is 0.509. The van der Waals surface area contributed by atoms with Crippen LogP contribution in [0.4, 0.5) is 4.79 Å². The minimum Gasteiger partial charge on any atom is -0.450 e. The number of aryl methyl sites for hydroxylation is 1. The highest BCUT2D eigenvalue weighted by Crippen LogP contribution is 2.35. The summed E-state index contributed by atoms with van der Waals surface area (Å²) >= 11 is 2.47. The second-order valence-corrected chi connectivity index (χ2v) is 7.79. The maximum atomic E-state index is 12.3. The number of benzene rings is 1. The number of carbonyl (C=O) groups excluding carboxylic acids is 2. The Bertz CT molecular complexity index is 806. The number of furan rings is 1. The van der Waals surface area contributed by atoms with Gasteiger partial charge in [0.15, 0.2) is 5.09 Å². The molecule has 3 rings (SSSR count). The van der Waals surface area contributed by atoms with Crippen LogP contribution in [0.1, 0.15) is 25.2 Å². The van der Waals surface area contributed by atoms with Crippen LogP contribution >= 0.6 is 23.5 Å². The highest BCUT2D eigenvalue weighted by molar-refractivity contribution is 8.18. The Morgan fingerprint density at radius 1 is 1.12 bits per heavy atom. The zero-order valence-corrected chi connectivity index (χ0v) is 15.2. The van der Waals surface area contributed by atoms with Gasteiger partial charge in [0.05, 0.1) is 4.91 Å². The number of amides is 2. The first-order chi connectivity index (χ1) is 11.4. The topological polar surface area (TPSA) is 50.5 Å². The Kier molecular flexibility index (Phi) is 4.87. The minimum absolute atomic E-state index is 0.146. The fraction of sp³-hybridized carbons (Fsp3) is 0.222. The zero-order chi connectivity index (χ0) is 17.3. The lowest BCUT2D eigenvalue weighted by molar-refractivity contribution is -0.123. The number of hydrogen-bond donors (Lipinski definition) is 0. The van der Waals surface area contributed by atoms with E-state index >= 15 is 0 Å². The van der Waals surface area contributed by atoms with Crippen molar-refractivity contribution in [2.24, 2.45) is 0 Å². The molecule has 0 radical (unpaired) electrons. The van der Waals surface area contributed by atoms with Gasteiger partial charge in [-0.1, -0.05) is 29.5 Å². The lowest BCUT2D eigenvalue weighted by atomic mass is 10.2. The molecule has 0 atom stereocenters. The summed E-state index contributed by atoms with van der Waals surface area (Å²) < 4.78 is 5.75. The van der Waals surface area contributed by atoms with E-state index in [1.807, 2.05) is 51.1 Å². The van der Waals surface area contributed by atoms with Crippen LogP contribution in [0, 0.1) is 6.92 Å². The zero-order valence-electron chi connectivity index (χ0n) is 13.6. The lowest BCUT2D eigenvalue weighted by Gasteiger charge is -2.16. The smallest absolute Gasteiger partial charge is 0.293 e. The standard InChI is InChI=1S/C18H17NO3S2/c1-11(2)19-17(20)15(24-18(19)21)10-13-6-9-16(22-13)23-14-7-4-12(3)5-8-14/h4-11H,1-3H3/b15-10-. The molecular formula is C18H17NO3S2. The average Bonchev–Trinajstić information content (AvgIpc) is 3.06. The van der Waals surface area contributed by atoms with Crippen molar-refractivity contribution in [3.63, 3.8) is 0 Å². The normalized spacial score (nSPS) is 16.7. The number of rotatable bonds is 4. The predicted octanol–water partition coefficient (Wildman–Crippen LogP) is 5.18. The summed E-state index contributed by atoms with van der Waals surface area (Å²) in [5.74, 6) is 0.308. The van der Waals surface area contributed by atoms with Crippen LogP contribution < -0.4 is 0 Å². The molecule has 1 aromatic carbocycles. The third-order valence-corrected chi connectivity index (χ3v) is 5.27. The third kappa shape index (κ3) is 3.60. The van der Waals surface area contributed by atoms with E-state index in [0.717, 1.165) is 21.7 Å². The molecule has 0 aliphatic carbocycles. The fourth-order valence-electron chi connectivity index (χ4n) is 2.24. The molecule has 24 heavy (non-hydrogen) atoms. The van der Waals surface area contributed by atoms with Gasteiger partial charge in [0.2, 0.25) is 0 Å². The van der Waals surface area contributed by atoms with E-state index in [4.69, 9.17) is 4.42 Å². The van der Waals surface area contributed by atoms with E-state index in [9.17, 15) is 9.59 Å². The first kappa shape index (κ1) is 16.9. The quantitative estimate of drug-likeness (QED) is 0.704. The Morgan fingerprint density at radius 3 is 2.46 bits per heavy atom. The Hall–Kier alpha value is -1.92. The van der Waals surface area contributed by atoms with Gasteiger partial charge >= 0.3 is 0 Å². The van der Waals surface area contributed by atoms with Gasteiger partial charge in [-0.05, 0) is 56.8 Å². The van der Waals surface area contributed by atoms with E-state index in [1.165, 1.54) is 22.2 Å². The number of carbonyl (C=O) groups is 2. The van der Waals surface area contributed by atoms with E-state index in [-0.39, 0.29) is 17.2 Å². The molecule has 2 amide bonds. The summed E-state index contributed by atoms with van der Waals surface area (Å²) in [6, 6.07) is 11.7. The summed E-state index contributed by atoms with van der Waals surface area (Å²) in [6.07, 6.45) is 1.63. The molecule has 1 fully saturated rings. The number of nitrogens with zero attached hydrogens (tertiary/aromatic N) is 1. The number of thioether (sulfide) groups is 1. The molecule has 6 heteroatoms. The third-order valence-electron chi connectivity index (χ3n) is 3.45. The Morgan fingerprint density at radius 2 is 1.83 bits per heavy atom. The molecule has 4 nitrogen and oxygen atoms in total. The largest absolute Gasteiger partial charge is 0.450 e. The van der Waals surface area contributed by atoms with E-state index in [1.54, 1.807) is 12.1 Å². The SMILES string of the molecule is Cc1ccc(Sc2ccc(/C=C3\SC(=O)N(C(C)C)C3=O)o2)cc1. The molecule has 1 aliphatic heterocycles. The Labute approximate surface area is 149 Å². The lowest BCUT2D eigenvalue weighted by Crippen LogP contribution is -2.34. The van der Waals surface area contributed by atoms with Crippen molar-refractivity contribution in [2.75, 3.05) is 0 Å². The van der Waals surface area contributed by atoms with Gasteiger partial charge in [-0.3, -0.25) is 14.5 Å². The van der Waals surface area contributed by atoms with Crippen LogP contribution in [0.3, 0.4) is 0 Å². The van der Waals surface area contributed by atoms with Gasteiger partial charge in [-0.15, -0.1) is 0 Å². The van der Waals surface area contributed by atoms with E-state index < -0.39 is 0 Å². The molecule has 2 aromatic rings. The first-order valence-electron chi connectivity index (χ1n) is 7.55. The monoisotopic (exact) mass is 359 g/mol. The van der Waals surface area contributed by atoms with E-state index in [0.29, 0.717) is 10.7 Å². The summed E-state index contributed by atoms with van der Waals surface area (Å²) in [6.45, 7) is 5.69. The molecule has 0 N–H and O–H groups in total. The molecule has 124 valence electrons. The van der Waals surface area contributed by atoms with Crippen molar-refractivity contribution in [2.45, 2.75) is 36.8 Å². The molecular weight excluding hydrogens is 342 g/mol. The molecule has 0 saturated carbocycles. The van der Waals surface area contributed by atoms with Crippen LogP contribution in [-0.4, -0.2) is 22.1 Å². The van der Waals surface area contributed by atoms with Crippen molar-refractivity contribution >= 4 is 40.7 Å². The van der Waals surface area contributed by atoms with Crippen LogP contribution in [0.25, 0.3) is 6.08 Å². The number of hydrogen-bond acceptors (Lipinski definition) is 5. The first-order valence-corrected chi connectivity index (χ1v) is 9.19. The van der Waals surface area contributed by atoms with Crippen molar-refractivity contribution in [3.8, 4) is 0 Å². The maximum Gasteiger partial charge on any atom is 0.293 e. The molecule has 2 heterocycles. The highest BCUT2D eigenvalue weighted by Gasteiger charge is 2.36. The van der Waals surface area contributed by atoms with Gasteiger partial charge in [-0.2, -0.15) is 0 Å². The summed E-state index contributed by atoms with van der Waals surface area (Å²) in [4.78, 5) is 26.9. The highest BCUT2D eigenvalue weighted by atomic mass is 32.2. The maximum absolute atomic E-state index is 12.3. The fourth-order valence-corrected chi connectivity index (χ4v) is 3.96. The molecule has 1 aliphatic rings. The second kappa shape index (κ2) is 6.91. The van der Waals surface area contributed by atoms with E-state index in [2.05, 4.69) is 0 Å². The molecule has 0 bridgehead atoms. The van der Waals surface area contributed by atoms with Crippen molar-refractivity contribution in [3.05, 3.63) is 52.6 Å². The molecule has 1 aromatic heterocycles. The van der Waals surface area contributed by atoms with Gasteiger partial charge in [-0.25, -0.2) is 0 Å². The van der Waals surface area contributed by atoms with Crippen molar-refractivity contribution in [1.29, 1.82) is 0 Å². The number of imide groups is 1. The second-order valence-electron chi connectivity index (χ2n) is 5.72. The molecule has 0 unspecified atom stereocenters. The molecule has 1 saturated heterocycles. The predicted molar refractivity (Wildman–Crippen MR) is 97.0 cm³/mol. The van der Waals surface area contributed by atoms with Crippen molar-refractivity contribution < 1.29 is 14.0 Å². The van der Waals surface area contributed by atoms with Gasteiger partial charge < -0.3 is 4.42 Å². The van der Waals surface area contributed by atoms with Crippen molar-refractivity contribution in [1.82, 2.24) is 4.90 Å². The van der Waals surface area contributed by atoms with Gasteiger partial charge in [0.25, 0.3) is 11.1 Å². The van der Waals surface area contributed by atoms with Gasteiger partial charge in [0, 0.05) is 17.0 Å². The van der Waals surface area contributed by atoms with Crippen LogP contribution in [-0.2, 0) is 4.79 Å². The van der Waals surface area contributed by atoms with Crippen LogP contribution in [0.15, 0.2) is 55.7 Å². The average molecular weight is 359 g/mol. The minimum atomic E-state index is -0.260.